The molecule has 0 radical (unpaired) electrons. The van der Waals surface area contributed by atoms with Crippen LogP contribution in [-0.4, -0.2) is 11.8 Å². The number of carbonyl (C=O) groups excluding carboxylic acids is 2. The van der Waals surface area contributed by atoms with Gasteiger partial charge in [-0.1, -0.05) is 64.2 Å². The third kappa shape index (κ3) is 16.2. The molecule has 1 heterocycles. The van der Waals surface area contributed by atoms with Crippen molar-refractivity contribution in [1.82, 2.24) is 0 Å². The minimum Gasteiger partial charge on any atom is -0.370 e. The number of hydrogen-bond acceptors (Lipinski definition) is 3. The van der Waals surface area contributed by atoms with E-state index < -0.39 is 0 Å². The fourth-order valence-corrected chi connectivity index (χ4v) is 4.76. The van der Waals surface area contributed by atoms with Crippen molar-refractivity contribution >= 4 is 23.2 Å². The maximum Gasteiger partial charge on any atom is 0.217 e. The second-order valence-electron chi connectivity index (χ2n) is 8.25. The Morgan fingerprint density at radius 3 is 1.21 bits per heavy atom. The molecule has 4 nitrogen and oxygen atoms in total. The van der Waals surface area contributed by atoms with Gasteiger partial charge in [0.2, 0.25) is 11.8 Å². The Morgan fingerprint density at radius 2 is 0.862 bits per heavy atom. The number of hydrogen-bond donors (Lipinski definition) is 2. The highest BCUT2D eigenvalue weighted by Gasteiger charge is 2.02. The highest BCUT2D eigenvalue weighted by Crippen LogP contribution is 2.22. The van der Waals surface area contributed by atoms with E-state index in [2.05, 4.69) is 12.1 Å². The van der Waals surface area contributed by atoms with Crippen LogP contribution in [0.15, 0.2) is 12.1 Å². The lowest BCUT2D eigenvalue weighted by atomic mass is 10.1. The van der Waals surface area contributed by atoms with Crippen molar-refractivity contribution in [2.45, 2.75) is 116 Å². The zero-order chi connectivity index (χ0) is 21.2. The van der Waals surface area contributed by atoms with Gasteiger partial charge in [0.1, 0.15) is 0 Å². The topological polar surface area (TPSA) is 86.2 Å². The van der Waals surface area contributed by atoms with Gasteiger partial charge in [-0.15, -0.1) is 11.3 Å². The molecule has 0 saturated heterocycles. The molecular formula is C24H42N2O2S. The summed E-state index contributed by atoms with van der Waals surface area (Å²) >= 11 is 2.00. The zero-order valence-electron chi connectivity index (χ0n) is 18.3. The first-order valence-corrected chi connectivity index (χ1v) is 12.5. The summed E-state index contributed by atoms with van der Waals surface area (Å²) in [7, 11) is 0. The molecule has 0 spiro atoms. The number of rotatable bonds is 20. The van der Waals surface area contributed by atoms with Crippen molar-refractivity contribution in [2.75, 3.05) is 0 Å². The second kappa shape index (κ2) is 17.5. The van der Waals surface area contributed by atoms with Crippen LogP contribution >= 0.6 is 11.3 Å². The van der Waals surface area contributed by atoms with Gasteiger partial charge in [0, 0.05) is 22.6 Å². The van der Waals surface area contributed by atoms with Gasteiger partial charge in [-0.3, -0.25) is 9.59 Å². The van der Waals surface area contributed by atoms with Crippen LogP contribution in [0.1, 0.15) is 112 Å². The van der Waals surface area contributed by atoms with E-state index in [0.29, 0.717) is 12.8 Å². The van der Waals surface area contributed by atoms with E-state index in [1.54, 1.807) is 0 Å². The Bertz CT molecular complexity index is 510. The van der Waals surface area contributed by atoms with E-state index in [4.69, 9.17) is 11.5 Å². The SMILES string of the molecule is NC(=O)CCCCCCCCCc1ccc(CCCCCCCCCC(N)=O)s1. The molecule has 0 aliphatic carbocycles. The lowest BCUT2D eigenvalue weighted by Crippen LogP contribution is -2.09. The summed E-state index contributed by atoms with van der Waals surface area (Å²) in [4.78, 5) is 24.4. The Kier molecular flexibility index (Phi) is 15.5. The fraction of sp³-hybridized carbons (Fsp3) is 0.750. The molecule has 166 valence electrons. The molecule has 2 amide bonds. The van der Waals surface area contributed by atoms with Gasteiger partial charge in [0.25, 0.3) is 0 Å². The van der Waals surface area contributed by atoms with E-state index in [1.807, 2.05) is 11.3 Å². The molecule has 0 aliphatic heterocycles. The third-order valence-corrected chi connectivity index (χ3v) is 6.61. The number of unbranched alkanes of at least 4 members (excludes halogenated alkanes) is 12. The van der Waals surface area contributed by atoms with Crippen LogP contribution in [0.5, 0.6) is 0 Å². The minimum absolute atomic E-state index is 0.172. The molecule has 5 heteroatoms. The molecule has 4 N–H and O–H groups in total. The number of primary amides is 2. The van der Waals surface area contributed by atoms with Gasteiger partial charge in [-0.2, -0.15) is 0 Å². The van der Waals surface area contributed by atoms with Gasteiger partial charge in [-0.25, -0.2) is 0 Å². The average Bonchev–Trinajstić information content (AvgIpc) is 3.12. The van der Waals surface area contributed by atoms with Crippen LogP contribution in [-0.2, 0) is 22.4 Å². The minimum atomic E-state index is -0.172. The quantitative estimate of drug-likeness (QED) is 0.251. The van der Waals surface area contributed by atoms with Gasteiger partial charge >= 0.3 is 0 Å². The molecule has 1 aromatic rings. The van der Waals surface area contributed by atoms with Crippen molar-refractivity contribution in [3.8, 4) is 0 Å². The van der Waals surface area contributed by atoms with Crippen LogP contribution in [0.4, 0.5) is 0 Å². The van der Waals surface area contributed by atoms with E-state index in [1.165, 1.54) is 86.8 Å². The molecule has 29 heavy (non-hydrogen) atoms. The summed E-state index contributed by atoms with van der Waals surface area (Å²) in [6.07, 6.45) is 20.5. The Balaban J connectivity index is 1.91. The number of carbonyl (C=O) groups is 2. The summed E-state index contributed by atoms with van der Waals surface area (Å²) in [5, 5.41) is 0. The first-order valence-electron chi connectivity index (χ1n) is 11.7. The van der Waals surface area contributed by atoms with Gasteiger partial charge < -0.3 is 11.5 Å². The summed E-state index contributed by atoms with van der Waals surface area (Å²) in [5.74, 6) is -0.344. The molecule has 1 rings (SSSR count). The molecular weight excluding hydrogens is 380 g/mol. The number of thiophene rings is 1. The van der Waals surface area contributed by atoms with Crippen molar-refractivity contribution in [2.24, 2.45) is 11.5 Å². The lowest BCUT2D eigenvalue weighted by Gasteiger charge is -2.02. The molecule has 1 aromatic heterocycles. The predicted octanol–water partition coefficient (Wildman–Crippen LogP) is 6.05. The molecule has 0 aliphatic rings. The maximum atomic E-state index is 10.7. The normalized spacial score (nSPS) is 11.0. The highest BCUT2D eigenvalue weighted by molar-refractivity contribution is 7.11. The van der Waals surface area contributed by atoms with Crippen LogP contribution in [0.3, 0.4) is 0 Å². The number of aryl methyl sites for hydroxylation is 2. The Morgan fingerprint density at radius 1 is 0.552 bits per heavy atom. The summed E-state index contributed by atoms with van der Waals surface area (Å²) < 4.78 is 0. The standard InChI is InChI=1S/C24H42N2O2S/c25-23(27)17-13-9-5-1-3-7-11-15-21-19-20-22(29-21)16-12-8-4-2-6-10-14-18-24(26)28/h19-20H,1-18H2,(H2,25,27)(H2,26,28). The van der Waals surface area contributed by atoms with Crippen molar-refractivity contribution in [1.29, 1.82) is 0 Å². The van der Waals surface area contributed by atoms with E-state index in [0.717, 1.165) is 25.7 Å². The first-order chi connectivity index (χ1) is 14.1. The zero-order valence-corrected chi connectivity index (χ0v) is 19.1. The molecule has 0 saturated carbocycles. The Labute approximate surface area is 181 Å². The van der Waals surface area contributed by atoms with Gasteiger partial charge in [0.05, 0.1) is 0 Å². The van der Waals surface area contributed by atoms with Gasteiger partial charge in [-0.05, 0) is 50.7 Å². The van der Waals surface area contributed by atoms with Gasteiger partial charge in [0.15, 0.2) is 0 Å². The molecule has 0 aromatic carbocycles. The van der Waals surface area contributed by atoms with Crippen molar-refractivity contribution in [3.63, 3.8) is 0 Å². The first kappa shape index (κ1) is 25.7. The highest BCUT2D eigenvalue weighted by atomic mass is 32.1. The van der Waals surface area contributed by atoms with Crippen LogP contribution in [0.25, 0.3) is 0 Å². The van der Waals surface area contributed by atoms with Crippen LogP contribution < -0.4 is 11.5 Å². The molecule has 0 bridgehead atoms. The van der Waals surface area contributed by atoms with E-state index in [9.17, 15) is 9.59 Å². The molecule has 0 fully saturated rings. The summed E-state index contributed by atoms with van der Waals surface area (Å²) in [5.41, 5.74) is 10.3. The maximum absolute atomic E-state index is 10.7. The number of nitrogens with two attached hydrogens (primary N) is 2. The third-order valence-electron chi connectivity index (χ3n) is 5.41. The van der Waals surface area contributed by atoms with Crippen molar-refractivity contribution in [3.05, 3.63) is 21.9 Å². The summed E-state index contributed by atoms with van der Waals surface area (Å²) in [6, 6.07) is 4.64. The van der Waals surface area contributed by atoms with Crippen LogP contribution in [0, 0.1) is 0 Å². The smallest absolute Gasteiger partial charge is 0.217 e. The Hall–Kier alpha value is -1.36. The average molecular weight is 423 g/mol. The van der Waals surface area contributed by atoms with Crippen molar-refractivity contribution < 1.29 is 9.59 Å². The molecule has 0 atom stereocenters. The largest absolute Gasteiger partial charge is 0.370 e. The fourth-order valence-electron chi connectivity index (χ4n) is 3.66. The summed E-state index contributed by atoms with van der Waals surface area (Å²) in [6.45, 7) is 0. The van der Waals surface area contributed by atoms with Crippen LogP contribution in [0.2, 0.25) is 0 Å². The lowest BCUT2D eigenvalue weighted by molar-refractivity contribution is -0.119. The second-order valence-corrected chi connectivity index (χ2v) is 9.50. The molecule has 0 unspecified atom stereocenters. The number of amides is 2. The monoisotopic (exact) mass is 422 g/mol. The van der Waals surface area contributed by atoms with E-state index in [-0.39, 0.29) is 11.8 Å². The van der Waals surface area contributed by atoms with E-state index >= 15 is 0 Å². The predicted molar refractivity (Wildman–Crippen MR) is 124 cm³/mol.